The number of aryl methyl sites for hydroxylation is 3. The maximum absolute atomic E-state index is 12.0. The normalized spacial score (nSPS) is 10.7. The van der Waals surface area contributed by atoms with Crippen molar-refractivity contribution in [3.8, 4) is 11.3 Å². The monoisotopic (exact) mass is 350 g/mol. The first-order valence-electron chi connectivity index (χ1n) is 6.95. The molecule has 1 aromatic heterocycles. The first-order valence-corrected chi connectivity index (χ1v) is 8.07. The minimum Gasteiger partial charge on any atom is -0.461 e. The zero-order valence-electron chi connectivity index (χ0n) is 12.5. The van der Waals surface area contributed by atoms with E-state index in [1.165, 1.54) is 11.1 Å². The van der Waals surface area contributed by atoms with Crippen LogP contribution in [0.25, 0.3) is 11.3 Å². The molecule has 0 aliphatic heterocycles. The molecule has 4 nitrogen and oxygen atoms in total. The fraction of sp³-hybridized carbons (Fsp3) is 0.375. The maximum Gasteiger partial charge on any atom is 0.356 e. The molecule has 0 aliphatic carbocycles. The molecule has 1 heterocycles. The summed E-state index contributed by atoms with van der Waals surface area (Å²) >= 11 is 3.38. The number of ether oxygens (including phenoxy) is 1. The van der Waals surface area contributed by atoms with E-state index in [2.05, 4.69) is 47.0 Å². The third-order valence-corrected chi connectivity index (χ3v) is 3.72. The van der Waals surface area contributed by atoms with Crippen molar-refractivity contribution < 1.29 is 9.53 Å². The van der Waals surface area contributed by atoms with Gasteiger partial charge in [0.15, 0.2) is 0 Å². The molecule has 0 amide bonds. The number of aromatic nitrogens is 2. The van der Waals surface area contributed by atoms with E-state index in [1.54, 1.807) is 17.7 Å². The number of halogens is 1. The minimum atomic E-state index is -0.332. The molecule has 0 unspecified atom stereocenters. The van der Waals surface area contributed by atoms with E-state index in [-0.39, 0.29) is 5.97 Å². The van der Waals surface area contributed by atoms with Crippen molar-refractivity contribution in [3.05, 3.63) is 41.1 Å². The van der Waals surface area contributed by atoms with Gasteiger partial charge in [-0.1, -0.05) is 28.1 Å². The van der Waals surface area contributed by atoms with Gasteiger partial charge in [0, 0.05) is 10.9 Å². The maximum atomic E-state index is 12.0. The summed E-state index contributed by atoms with van der Waals surface area (Å²) in [5.41, 5.74) is 4.74. The molecule has 1 aromatic carbocycles. The number of carbonyl (C=O) groups is 1. The summed E-state index contributed by atoms with van der Waals surface area (Å²) < 4.78 is 6.78. The van der Waals surface area contributed by atoms with E-state index in [0.29, 0.717) is 18.8 Å². The Morgan fingerprint density at radius 1 is 1.29 bits per heavy atom. The largest absolute Gasteiger partial charge is 0.461 e. The van der Waals surface area contributed by atoms with E-state index in [9.17, 15) is 4.79 Å². The summed E-state index contributed by atoms with van der Waals surface area (Å²) in [7, 11) is 0. The minimum absolute atomic E-state index is 0.332. The van der Waals surface area contributed by atoms with Crippen LogP contribution in [0.1, 0.15) is 28.5 Å². The molecule has 5 heteroatoms. The van der Waals surface area contributed by atoms with Crippen molar-refractivity contribution in [1.29, 1.82) is 0 Å². The van der Waals surface area contributed by atoms with Crippen LogP contribution >= 0.6 is 15.9 Å². The quantitative estimate of drug-likeness (QED) is 0.609. The molecule has 21 heavy (non-hydrogen) atoms. The summed E-state index contributed by atoms with van der Waals surface area (Å²) in [6.07, 6.45) is 0. The molecule has 0 saturated carbocycles. The molecular weight excluding hydrogens is 332 g/mol. The van der Waals surface area contributed by atoms with Crippen molar-refractivity contribution in [1.82, 2.24) is 9.78 Å². The summed E-state index contributed by atoms with van der Waals surface area (Å²) in [6.45, 7) is 6.93. The lowest BCUT2D eigenvalue weighted by Crippen LogP contribution is -2.13. The van der Waals surface area contributed by atoms with Crippen LogP contribution < -0.4 is 0 Å². The molecule has 112 valence electrons. The van der Waals surface area contributed by atoms with Gasteiger partial charge in [0.25, 0.3) is 0 Å². The van der Waals surface area contributed by atoms with Crippen molar-refractivity contribution in [2.24, 2.45) is 0 Å². The molecule has 2 aromatic rings. The summed E-state index contributed by atoms with van der Waals surface area (Å²) in [4.78, 5) is 12.0. The average molecular weight is 351 g/mol. The van der Waals surface area contributed by atoms with Crippen LogP contribution in [0.4, 0.5) is 0 Å². The third kappa shape index (κ3) is 3.53. The highest BCUT2D eigenvalue weighted by molar-refractivity contribution is 9.09. The van der Waals surface area contributed by atoms with Crippen LogP contribution in [-0.4, -0.2) is 27.7 Å². The highest BCUT2D eigenvalue weighted by Gasteiger charge is 2.17. The molecule has 0 fully saturated rings. The lowest BCUT2D eigenvalue weighted by molar-refractivity contribution is 0.0512. The van der Waals surface area contributed by atoms with E-state index in [0.717, 1.165) is 16.6 Å². The van der Waals surface area contributed by atoms with Gasteiger partial charge in [-0.25, -0.2) is 4.79 Å². The number of alkyl halides is 1. The summed E-state index contributed by atoms with van der Waals surface area (Å²) in [6, 6.07) is 7.98. The van der Waals surface area contributed by atoms with Crippen LogP contribution in [0.5, 0.6) is 0 Å². The first-order chi connectivity index (χ1) is 10.1. The van der Waals surface area contributed by atoms with Crippen molar-refractivity contribution >= 4 is 21.9 Å². The predicted molar refractivity (Wildman–Crippen MR) is 86.9 cm³/mol. The average Bonchev–Trinajstić information content (AvgIpc) is 2.87. The predicted octanol–water partition coefficient (Wildman–Crippen LogP) is 3.74. The van der Waals surface area contributed by atoms with Crippen molar-refractivity contribution in [2.45, 2.75) is 27.3 Å². The van der Waals surface area contributed by atoms with Gasteiger partial charge < -0.3 is 4.74 Å². The topological polar surface area (TPSA) is 44.1 Å². The Morgan fingerprint density at radius 2 is 2.05 bits per heavy atom. The molecular formula is C16H19BrN2O2. The highest BCUT2D eigenvalue weighted by atomic mass is 79.9. The third-order valence-electron chi connectivity index (χ3n) is 3.36. The van der Waals surface area contributed by atoms with Gasteiger partial charge in [0.2, 0.25) is 0 Å². The van der Waals surface area contributed by atoms with Gasteiger partial charge in [0.1, 0.15) is 5.69 Å². The standard InChI is InChI=1S/C16H19BrN2O2/c1-4-21-16(20)15-10-14(18-19(15)8-7-17)13-6-5-11(2)12(3)9-13/h5-6,9-10H,4,7-8H2,1-3H3. The van der Waals surface area contributed by atoms with E-state index >= 15 is 0 Å². The molecule has 0 N–H and O–H groups in total. The SMILES string of the molecule is CCOC(=O)c1cc(-c2ccc(C)c(C)c2)nn1CCBr. The van der Waals surface area contributed by atoms with Gasteiger partial charge in [0.05, 0.1) is 18.8 Å². The number of rotatable bonds is 5. The molecule has 0 radical (unpaired) electrons. The second-order valence-corrected chi connectivity index (χ2v) is 5.64. The number of esters is 1. The van der Waals surface area contributed by atoms with E-state index in [4.69, 9.17) is 4.74 Å². The lowest BCUT2D eigenvalue weighted by atomic mass is 10.0. The van der Waals surface area contributed by atoms with Gasteiger partial charge in [-0.05, 0) is 44.0 Å². The van der Waals surface area contributed by atoms with Gasteiger partial charge in [-0.2, -0.15) is 5.10 Å². The number of hydrogen-bond acceptors (Lipinski definition) is 3. The smallest absolute Gasteiger partial charge is 0.356 e. The van der Waals surface area contributed by atoms with Crippen molar-refractivity contribution in [3.63, 3.8) is 0 Å². The van der Waals surface area contributed by atoms with Gasteiger partial charge in [-0.15, -0.1) is 0 Å². The van der Waals surface area contributed by atoms with Gasteiger partial charge in [-0.3, -0.25) is 4.68 Å². The Bertz CT molecular complexity index is 650. The number of hydrogen-bond donors (Lipinski definition) is 0. The second-order valence-electron chi connectivity index (χ2n) is 4.85. The van der Waals surface area contributed by atoms with Crippen molar-refractivity contribution in [2.75, 3.05) is 11.9 Å². The zero-order chi connectivity index (χ0) is 15.4. The second kappa shape index (κ2) is 6.89. The Morgan fingerprint density at radius 3 is 2.67 bits per heavy atom. The fourth-order valence-corrected chi connectivity index (χ4v) is 2.41. The Labute approximate surface area is 133 Å². The molecule has 0 spiro atoms. The number of benzene rings is 1. The van der Waals surface area contributed by atoms with Crippen LogP contribution in [0.3, 0.4) is 0 Å². The Hall–Kier alpha value is -1.62. The van der Waals surface area contributed by atoms with Crippen LogP contribution in [0.2, 0.25) is 0 Å². The Balaban J connectivity index is 2.42. The number of carbonyl (C=O) groups excluding carboxylic acids is 1. The molecule has 2 rings (SSSR count). The highest BCUT2D eigenvalue weighted by Crippen LogP contribution is 2.22. The Kier molecular flexibility index (Phi) is 5.17. The van der Waals surface area contributed by atoms with Crippen LogP contribution in [0, 0.1) is 13.8 Å². The van der Waals surface area contributed by atoms with Crippen LogP contribution in [0.15, 0.2) is 24.3 Å². The number of nitrogens with zero attached hydrogens (tertiary/aromatic N) is 2. The molecule has 0 bridgehead atoms. The summed E-state index contributed by atoms with van der Waals surface area (Å²) in [5, 5.41) is 5.26. The van der Waals surface area contributed by atoms with E-state index in [1.807, 2.05) is 6.07 Å². The van der Waals surface area contributed by atoms with Crippen LogP contribution in [-0.2, 0) is 11.3 Å². The molecule has 0 aliphatic rings. The first kappa shape index (κ1) is 15.8. The molecule has 0 atom stereocenters. The fourth-order valence-electron chi connectivity index (χ4n) is 2.08. The van der Waals surface area contributed by atoms with E-state index < -0.39 is 0 Å². The van der Waals surface area contributed by atoms with Gasteiger partial charge >= 0.3 is 5.97 Å². The summed E-state index contributed by atoms with van der Waals surface area (Å²) in [5.74, 6) is -0.332. The lowest BCUT2D eigenvalue weighted by Gasteiger charge is -2.04. The zero-order valence-corrected chi connectivity index (χ0v) is 14.1. The molecule has 0 saturated heterocycles.